The van der Waals surface area contributed by atoms with Crippen molar-refractivity contribution >= 4 is 97.8 Å². The first-order chi connectivity index (χ1) is 35.9. The molecule has 2 nitrogen and oxygen atoms in total. The van der Waals surface area contributed by atoms with E-state index in [0.29, 0.717) is 0 Å². The molecule has 0 saturated heterocycles. The summed E-state index contributed by atoms with van der Waals surface area (Å²) in [6.07, 6.45) is 0. The van der Waals surface area contributed by atoms with Crippen LogP contribution in [0.4, 0.5) is 28.4 Å². The molecule has 0 amide bonds. The number of fused-ring (bicyclic) bond motifs is 2. The van der Waals surface area contributed by atoms with Gasteiger partial charge in [0.25, 0.3) is 0 Å². The smallest absolute Gasteiger partial charge is 0.0540 e. The van der Waals surface area contributed by atoms with Gasteiger partial charge in [0.05, 0.1) is 5.69 Å². The van der Waals surface area contributed by atoms with Gasteiger partial charge >= 0.3 is 0 Å². The van der Waals surface area contributed by atoms with Crippen LogP contribution in [0.1, 0.15) is 7.43 Å². The number of benzene rings is 12. The van der Waals surface area contributed by atoms with Crippen molar-refractivity contribution in [1.82, 2.24) is 0 Å². The maximum atomic E-state index is 3.60. The molecule has 0 unspecified atom stereocenters. The number of rotatable bonds is 9. The van der Waals surface area contributed by atoms with Crippen LogP contribution in [0.2, 0.25) is 0 Å². The molecule has 360 valence electrons. The summed E-state index contributed by atoms with van der Waals surface area (Å²) in [6, 6.07) is 102. The topological polar surface area (TPSA) is 15.3 Å². The third-order valence-electron chi connectivity index (χ3n) is 12.5. The SMILES string of the molecule is Brc1cccc(-c2cccc(-c3cccc(Br)c3)c2)c1.Brc1cccc(-c2cccc(-c3cccc(N(c4ccccc4)c4cccc5ccccc45)c3)c2)c1.C.c1ccc(Nc2cccc3ccccc23)cc1. The van der Waals surface area contributed by atoms with E-state index in [1.807, 2.05) is 30.3 Å². The Morgan fingerprint density at radius 3 is 1.14 bits per heavy atom. The van der Waals surface area contributed by atoms with Gasteiger partial charge in [-0.3, -0.25) is 0 Å². The van der Waals surface area contributed by atoms with Crippen LogP contribution < -0.4 is 10.2 Å². The zero-order valence-electron chi connectivity index (χ0n) is 39.8. The highest BCUT2D eigenvalue weighted by Gasteiger charge is 2.16. The fraction of sp³-hybridized carbons (Fsp3) is 0.0145. The van der Waals surface area contributed by atoms with Gasteiger partial charge in [-0.25, -0.2) is 0 Å². The molecule has 12 aromatic rings. The lowest BCUT2D eigenvalue weighted by Gasteiger charge is -2.27. The third kappa shape index (κ3) is 12.7. The molecule has 0 aliphatic carbocycles. The average Bonchev–Trinajstić information content (AvgIpc) is 3.45. The van der Waals surface area contributed by atoms with Crippen molar-refractivity contribution < 1.29 is 0 Å². The Kier molecular flexibility index (Phi) is 17.1. The number of nitrogens with zero attached hydrogens (tertiary/aromatic N) is 1. The van der Waals surface area contributed by atoms with Crippen LogP contribution >= 0.6 is 47.8 Å². The lowest BCUT2D eigenvalue weighted by atomic mass is 9.98. The summed E-state index contributed by atoms with van der Waals surface area (Å²) >= 11 is 10.7. The Balaban J connectivity index is 0.000000149. The van der Waals surface area contributed by atoms with E-state index >= 15 is 0 Å². The molecule has 0 fully saturated rings. The van der Waals surface area contributed by atoms with Crippen molar-refractivity contribution in [2.45, 2.75) is 7.43 Å². The van der Waals surface area contributed by atoms with E-state index in [1.165, 1.54) is 71.7 Å². The van der Waals surface area contributed by atoms with Gasteiger partial charge in [0.2, 0.25) is 0 Å². The Morgan fingerprint density at radius 1 is 0.270 bits per heavy atom. The maximum absolute atomic E-state index is 3.60. The molecule has 0 spiro atoms. The molecule has 12 aromatic carbocycles. The Bertz CT molecular complexity index is 3710. The van der Waals surface area contributed by atoms with E-state index in [1.54, 1.807) is 0 Å². The second-order valence-electron chi connectivity index (χ2n) is 17.4. The van der Waals surface area contributed by atoms with Crippen LogP contribution in [0.15, 0.2) is 305 Å². The summed E-state index contributed by atoms with van der Waals surface area (Å²) < 4.78 is 3.28. The zero-order valence-corrected chi connectivity index (χ0v) is 44.6. The first kappa shape index (κ1) is 51.1. The highest BCUT2D eigenvalue weighted by Crippen LogP contribution is 2.40. The van der Waals surface area contributed by atoms with E-state index in [9.17, 15) is 0 Å². The molecule has 0 aliphatic rings. The molecule has 1 N–H and O–H groups in total. The minimum absolute atomic E-state index is 0. The summed E-state index contributed by atoms with van der Waals surface area (Å²) in [4.78, 5) is 2.35. The van der Waals surface area contributed by atoms with Crippen molar-refractivity contribution in [2.75, 3.05) is 10.2 Å². The quantitative estimate of drug-likeness (QED) is 0.155. The van der Waals surface area contributed by atoms with E-state index in [4.69, 9.17) is 0 Å². The standard InChI is InChI=1S/C34H24BrN.C18H12Br2.C16H13N.CH4/c35-30-16-7-14-28(23-30)26-12-6-13-27(22-26)29-15-8-19-32(24-29)36(31-17-2-1-3-18-31)34-21-9-11-25-10-4-5-20-33(25)34;19-17-8-2-6-15(11-17)13-4-1-5-14(10-13)16-7-3-9-18(20)12-16;1-2-9-14(10-3-1)17-16-12-6-8-13-7-4-5-11-15(13)16;/h1-24H;1-12H;1-12,17H;1H4. The van der Waals surface area contributed by atoms with Crippen LogP contribution in [-0.4, -0.2) is 0 Å². The predicted octanol–water partition coefficient (Wildman–Crippen LogP) is 22.2. The van der Waals surface area contributed by atoms with E-state index in [0.717, 1.165) is 36.2 Å². The van der Waals surface area contributed by atoms with Crippen LogP contribution in [0.5, 0.6) is 0 Å². The van der Waals surface area contributed by atoms with Crippen LogP contribution in [-0.2, 0) is 0 Å². The van der Waals surface area contributed by atoms with Crippen molar-refractivity contribution in [1.29, 1.82) is 0 Å². The molecule has 0 saturated carbocycles. The second-order valence-corrected chi connectivity index (χ2v) is 20.2. The van der Waals surface area contributed by atoms with Gasteiger partial charge in [0, 0.05) is 46.9 Å². The van der Waals surface area contributed by atoms with Crippen molar-refractivity contribution in [3.63, 3.8) is 0 Å². The molecule has 74 heavy (non-hydrogen) atoms. The number of nitrogens with one attached hydrogen (secondary N) is 1. The number of halogens is 3. The predicted molar refractivity (Wildman–Crippen MR) is 330 cm³/mol. The summed E-state index contributed by atoms with van der Waals surface area (Å²) in [5.74, 6) is 0. The lowest BCUT2D eigenvalue weighted by Crippen LogP contribution is -2.10. The Labute approximate surface area is 461 Å². The molecule has 0 radical (unpaired) electrons. The monoisotopic (exact) mass is 1150 g/mol. The molecule has 0 aliphatic heterocycles. The van der Waals surface area contributed by atoms with Gasteiger partial charge in [-0.2, -0.15) is 0 Å². The first-order valence-corrected chi connectivity index (χ1v) is 26.5. The summed E-state index contributed by atoms with van der Waals surface area (Å²) in [5, 5.41) is 8.41. The lowest BCUT2D eigenvalue weighted by molar-refractivity contribution is 1.30. The highest BCUT2D eigenvalue weighted by atomic mass is 79.9. The average molecular weight is 1150 g/mol. The van der Waals surface area contributed by atoms with Gasteiger partial charge in [0.1, 0.15) is 0 Å². The largest absolute Gasteiger partial charge is 0.355 e. The minimum atomic E-state index is 0. The summed E-state index contributed by atoms with van der Waals surface area (Å²) in [7, 11) is 0. The third-order valence-corrected chi connectivity index (χ3v) is 14.0. The number of hydrogen-bond acceptors (Lipinski definition) is 2. The zero-order chi connectivity index (χ0) is 49.8. The summed E-state index contributed by atoms with van der Waals surface area (Å²) in [6.45, 7) is 0. The fourth-order valence-corrected chi connectivity index (χ4v) is 10.2. The molecular formula is C69H53Br3N2. The Hall–Kier alpha value is -7.80. The van der Waals surface area contributed by atoms with Crippen LogP contribution in [0, 0.1) is 0 Å². The van der Waals surface area contributed by atoms with E-state index < -0.39 is 0 Å². The Morgan fingerprint density at radius 2 is 0.622 bits per heavy atom. The molecule has 0 bridgehead atoms. The van der Waals surface area contributed by atoms with Crippen molar-refractivity contribution in [3.8, 4) is 44.5 Å². The highest BCUT2D eigenvalue weighted by molar-refractivity contribution is 9.11. The van der Waals surface area contributed by atoms with Crippen LogP contribution in [0.25, 0.3) is 66.1 Å². The summed E-state index contributed by atoms with van der Waals surface area (Å²) in [5.41, 5.74) is 15.4. The normalized spacial score (nSPS) is 10.5. The number of para-hydroxylation sites is 2. The van der Waals surface area contributed by atoms with Gasteiger partial charge in [-0.15, -0.1) is 0 Å². The molecule has 0 aromatic heterocycles. The van der Waals surface area contributed by atoms with E-state index in [2.05, 4.69) is 319 Å². The second kappa shape index (κ2) is 24.8. The first-order valence-electron chi connectivity index (χ1n) is 24.1. The van der Waals surface area contributed by atoms with Gasteiger partial charge < -0.3 is 10.2 Å². The van der Waals surface area contributed by atoms with Gasteiger partial charge in [-0.1, -0.05) is 249 Å². The molecule has 0 atom stereocenters. The minimum Gasteiger partial charge on any atom is -0.355 e. The van der Waals surface area contributed by atoms with Crippen LogP contribution in [0.3, 0.4) is 0 Å². The maximum Gasteiger partial charge on any atom is 0.0540 e. The van der Waals surface area contributed by atoms with Crippen molar-refractivity contribution in [2.24, 2.45) is 0 Å². The van der Waals surface area contributed by atoms with Crippen molar-refractivity contribution in [3.05, 3.63) is 305 Å². The van der Waals surface area contributed by atoms with Gasteiger partial charge in [-0.05, 0) is 152 Å². The van der Waals surface area contributed by atoms with E-state index in [-0.39, 0.29) is 7.43 Å². The fourth-order valence-electron chi connectivity index (χ4n) is 9.00. The molecular weight excluding hydrogens is 1100 g/mol. The number of hydrogen-bond donors (Lipinski definition) is 1. The molecule has 5 heteroatoms. The molecule has 12 rings (SSSR count). The molecule has 0 heterocycles. The number of anilines is 5. The van der Waals surface area contributed by atoms with Gasteiger partial charge in [0.15, 0.2) is 0 Å².